The number of hydrogen-bond acceptors (Lipinski definition) is 5. The van der Waals surface area contributed by atoms with Crippen molar-refractivity contribution in [1.29, 1.82) is 0 Å². The van der Waals surface area contributed by atoms with Gasteiger partial charge >= 0.3 is 0 Å². The van der Waals surface area contributed by atoms with Gasteiger partial charge in [0, 0.05) is 11.8 Å². The average Bonchev–Trinajstić information content (AvgIpc) is 3.05. The van der Waals surface area contributed by atoms with Crippen molar-refractivity contribution in [2.75, 3.05) is 10.0 Å². The van der Waals surface area contributed by atoms with Gasteiger partial charge in [0.1, 0.15) is 0 Å². The maximum Gasteiger partial charge on any atom is 0.294 e. The molecule has 0 saturated heterocycles. The number of amides is 1. The van der Waals surface area contributed by atoms with Gasteiger partial charge in [-0.1, -0.05) is 23.4 Å². The first-order chi connectivity index (χ1) is 12.8. The van der Waals surface area contributed by atoms with Crippen molar-refractivity contribution >= 4 is 27.3 Å². The highest BCUT2D eigenvalue weighted by atomic mass is 32.2. The number of para-hydroxylation sites is 1. The lowest BCUT2D eigenvalue weighted by atomic mass is 10.1. The molecule has 3 aromatic rings. The Kier molecular flexibility index (Phi) is 5.00. The fraction of sp³-hybridized carbons (Fsp3) is 0.158. The summed E-state index contributed by atoms with van der Waals surface area (Å²) in [5.41, 5.74) is 3.28. The van der Waals surface area contributed by atoms with Crippen LogP contribution in [-0.2, 0) is 10.0 Å². The van der Waals surface area contributed by atoms with Crippen molar-refractivity contribution in [2.24, 2.45) is 0 Å². The Bertz CT molecular complexity index is 1070. The van der Waals surface area contributed by atoms with E-state index in [4.69, 9.17) is 4.52 Å². The van der Waals surface area contributed by atoms with E-state index < -0.39 is 15.9 Å². The monoisotopic (exact) mass is 385 g/mol. The lowest BCUT2D eigenvalue weighted by Gasteiger charge is -2.13. The predicted octanol–water partition coefficient (Wildman–Crippen LogP) is 3.65. The Morgan fingerprint density at radius 1 is 1.00 bits per heavy atom. The van der Waals surface area contributed by atoms with Crippen molar-refractivity contribution in [3.05, 3.63) is 71.1 Å². The molecular weight excluding hydrogens is 366 g/mol. The van der Waals surface area contributed by atoms with Crippen molar-refractivity contribution in [3.63, 3.8) is 0 Å². The van der Waals surface area contributed by atoms with Gasteiger partial charge in [0.2, 0.25) is 5.76 Å². The minimum atomic E-state index is -3.74. The molecule has 0 unspecified atom stereocenters. The van der Waals surface area contributed by atoms with Gasteiger partial charge in [-0.3, -0.25) is 9.52 Å². The first kappa shape index (κ1) is 18.7. The Labute approximate surface area is 157 Å². The van der Waals surface area contributed by atoms with Gasteiger partial charge in [0.05, 0.1) is 16.3 Å². The molecule has 2 N–H and O–H groups in total. The molecule has 0 aliphatic carbocycles. The molecule has 140 valence electrons. The molecule has 3 rings (SSSR count). The van der Waals surface area contributed by atoms with Crippen LogP contribution < -0.4 is 10.0 Å². The van der Waals surface area contributed by atoms with Crippen molar-refractivity contribution in [1.82, 2.24) is 5.16 Å². The Morgan fingerprint density at radius 3 is 2.19 bits per heavy atom. The zero-order valence-electron chi connectivity index (χ0n) is 15.1. The van der Waals surface area contributed by atoms with E-state index in [0.717, 1.165) is 11.1 Å². The van der Waals surface area contributed by atoms with E-state index in [1.54, 1.807) is 6.92 Å². The Hall–Kier alpha value is -3.13. The van der Waals surface area contributed by atoms with Crippen molar-refractivity contribution in [3.8, 4) is 0 Å². The summed E-state index contributed by atoms with van der Waals surface area (Å²) in [5.74, 6) is -0.374. The fourth-order valence-electron chi connectivity index (χ4n) is 2.55. The van der Waals surface area contributed by atoms with E-state index >= 15 is 0 Å². The molecule has 8 heteroatoms. The summed E-state index contributed by atoms with van der Waals surface area (Å²) in [4.78, 5) is 12.1. The summed E-state index contributed by atoms with van der Waals surface area (Å²) in [5, 5.41) is 6.29. The zero-order chi connectivity index (χ0) is 19.6. The topological polar surface area (TPSA) is 101 Å². The molecule has 7 nitrogen and oxygen atoms in total. The van der Waals surface area contributed by atoms with Gasteiger partial charge in [-0.05, 0) is 56.2 Å². The van der Waals surface area contributed by atoms with Crippen LogP contribution in [0.1, 0.15) is 27.4 Å². The first-order valence-corrected chi connectivity index (χ1v) is 9.68. The zero-order valence-corrected chi connectivity index (χ0v) is 15.9. The number of sulfonamides is 1. The fourth-order valence-corrected chi connectivity index (χ4v) is 3.75. The van der Waals surface area contributed by atoms with Crippen molar-refractivity contribution < 1.29 is 17.7 Å². The largest absolute Gasteiger partial charge is 0.351 e. The average molecular weight is 385 g/mol. The Balaban J connectivity index is 1.77. The number of nitrogens with zero attached hydrogens (tertiary/aromatic N) is 1. The van der Waals surface area contributed by atoms with E-state index in [9.17, 15) is 13.2 Å². The maximum absolute atomic E-state index is 12.6. The second-order valence-electron chi connectivity index (χ2n) is 6.18. The van der Waals surface area contributed by atoms with E-state index in [2.05, 4.69) is 15.2 Å². The predicted molar refractivity (Wildman–Crippen MR) is 102 cm³/mol. The second-order valence-corrected chi connectivity index (χ2v) is 7.87. The molecule has 0 aliphatic rings. The molecule has 27 heavy (non-hydrogen) atoms. The van der Waals surface area contributed by atoms with Crippen molar-refractivity contribution in [2.45, 2.75) is 25.7 Å². The third-order valence-corrected chi connectivity index (χ3v) is 5.36. The van der Waals surface area contributed by atoms with Crippen LogP contribution in [0, 0.1) is 20.8 Å². The molecule has 2 aromatic carbocycles. The van der Waals surface area contributed by atoms with Crippen LogP contribution in [-0.4, -0.2) is 19.5 Å². The van der Waals surface area contributed by atoms with Crippen LogP contribution in [0.15, 0.2) is 57.9 Å². The maximum atomic E-state index is 12.6. The van der Waals surface area contributed by atoms with Gasteiger partial charge < -0.3 is 9.84 Å². The summed E-state index contributed by atoms with van der Waals surface area (Å²) < 4.78 is 32.8. The summed E-state index contributed by atoms with van der Waals surface area (Å²) in [6.45, 7) is 5.40. The number of carbonyl (C=O) groups excluding carboxylic acids is 1. The quantitative estimate of drug-likeness (QED) is 0.698. The van der Waals surface area contributed by atoms with Gasteiger partial charge in [-0.25, -0.2) is 8.42 Å². The van der Waals surface area contributed by atoms with Gasteiger partial charge in [0.15, 0.2) is 0 Å². The van der Waals surface area contributed by atoms with Crippen LogP contribution in [0.3, 0.4) is 0 Å². The highest BCUT2D eigenvalue weighted by Gasteiger charge is 2.17. The summed E-state index contributed by atoms with van der Waals surface area (Å²) in [6.07, 6.45) is 0. The molecule has 1 aromatic heterocycles. The van der Waals surface area contributed by atoms with Crippen LogP contribution in [0.25, 0.3) is 0 Å². The molecule has 1 heterocycles. The van der Waals surface area contributed by atoms with Gasteiger partial charge in [-0.2, -0.15) is 0 Å². The number of aromatic nitrogens is 1. The summed E-state index contributed by atoms with van der Waals surface area (Å²) in [7, 11) is -3.74. The molecule has 0 aliphatic heterocycles. The Morgan fingerprint density at radius 2 is 1.63 bits per heavy atom. The molecule has 0 atom stereocenters. The molecule has 0 saturated carbocycles. The smallest absolute Gasteiger partial charge is 0.294 e. The second kappa shape index (κ2) is 7.24. The van der Waals surface area contributed by atoms with Crippen LogP contribution in [0.2, 0.25) is 0 Å². The normalized spacial score (nSPS) is 11.2. The lowest BCUT2D eigenvalue weighted by Crippen LogP contribution is -2.15. The first-order valence-electron chi connectivity index (χ1n) is 8.20. The highest BCUT2D eigenvalue weighted by molar-refractivity contribution is 7.92. The van der Waals surface area contributed by atoms with E-state index in [1.807, 2.05) is 32.0 Å². The summed E-state index contributed by atoms with van der Waals surface area (Å²) >= 11 is 0. The van der Waals surface area contributed by atoms with Crippen LogP contribution in [0.5, 0.6) is 0 Å². The number of nitrogens with one attached hydrogen (secondary N) is 2. The molecule has 0 radical (unpaired) electrons. The van der Waals surface area contributed by atoms with Gasteiger partial charge in [0.25, 0.3) is 15.9 Å². The molecule has 0 bridgehead atoms. The third-order valence-electron chi connectivity index (χ3n) is 3.99. The van der Waals surface area contributed by atoms with Gasteiger partial charge in [-0.15, -0.1) is 0 Å². The van der Waals surface area contributed by atoms with E-state index in [1.165, 1.54) is 30.3 Å². The lowest BCUT2D eigenvalue weighted by molar-refractivity contribution is 0.0988. The number of aryl methyl sites for hydroxylation is 3. The van der Waals surface area contributed by atoms with Crippen LogP contribution >= 0.6 is 0 Å². The standard InChI is InChI=1S/C19H19N3O4S/c1-12-5-4-6-13(2)18(12)22-27(24,25)16-9-7-15(8-10-16)20-19(23)17-11-14(3)21-26-17/h4-11,22H,1-3H3,(H,20,23). The van der Waals surface area contributed by atoms with E-state index in [0.29, 0.717) is 17.1 Å². The summed E-state index contributed by atoms with van der Waals surface area (Å²) in [6, 6.07) is 13.0. The minimum absolute atomic E-state index is 0.0842. The number of carbonyl (C=O) groups is 1. The minimum Gasteiger partial charge on any atom is -0.351 e. The SMILES string of the molecule is Cc1cc(C(=O)Nc2ccc(S(=O)(=O)Nc3c(C)cccc3C)cc2)on1. The van der Waals surface area contributed by atoms with Crippen LogP contribution in [0.4, 0.5) is 11.4 Å². The molecule has 1 amide bonds. The molecule has 0 spiro atoms. The highest BCUT2D eigenvalue weighted by Crippen LogP contribution is 2.24. The van der Waals surface area contributed by atoms with E-state index in [-0.39, 0.29) is 10.7 Å². The number of benzene rings is 2. The molecular formula is C19H19N3O4S. The number of rotatable bonds is 5. The third kappa shape index (κ3) is 4.17. The number of hydrogen-bond donors (Lipinski definition) is 2. The number of anilines is 2. The molecule has 0 fully saturated rings.